The number of hydrogen-bond donors (Lipinski definition) is 0. The number of rotatable bonds is 7. The lowest BCUT2D eigenvalue weighted by molar-refractivity contribution is -0.220. The molecule has 0 atom stereocenters. The number of unbranched alkanes of at least 4 members (excludes halogenated alkanes) is 1. The maximum atomic E-state index is 13.3. The smallest absolute Gasteiger partial charge is 0.194 e. The van der Waals surface area contributed by atoms with Crippen LogP contribution in [0.25, 0.3) is 0 Å². The van der Waals surface area contributed by atoms with E-state index < -0.39 is 23.7 Å². The number of benzene rings is 1. The minimum atomic E-state index is -1.49. The molecule has 0 aliphatic carbocycles. The van der Waals surface area contributed by atoms with Gasteiger partial charge in [0.25, 0.3) is 0 Å². The average molecular weight is 388 g/mol. The Morgan fingerprint density at radius 1 is 0.815 bits per heavy atom. The standard InChI is InChI=1S/C20H27F3O4/c1-2-3-4-13-9-24-18(25-10-13)6-5-14-11-26-20(27-12-14)15-7-16(21)19(23)17(22)8-15/h7-8,13-14,18,20H,2-6,9-12H2,1H3/t13-,14-,18-,20-. The Morgan fingerprint density at radius 2 is 1.37 bits per heavy atom. The molecular formula is C20H27F3O4. The number of halogens is 3. The summed E-state index contributed by atoms with van der Waals surface area (Å²) < 4.78 is 62.4. The van der Waals surface area contributed by atoms with Gasteiger partial charge < -0.3 is 18.9 Å². The Kier molecular flexibility index (Phi) is 7.52. The zero-order chi connectivity index (χ0) is 19.2. The van der Waals surface area contributed by atoms with Crippen molar-refractivity contribution in [2.24, 2.45) is 11.8 Å². The Morgan fingerprint density at radius 3 is 1.96 bits per heavy atom. The maximum absolute atomic E-state index is 13.3. The molecule has 0 unspecified atom stereocenters. The Balaban J connectivity index is 1.38. The quantitative estimate of drug-likeness (QED) is 0.633. The summed E-state index contributed by atoms with van der Waals surface area (Å²) in [6.07, 6.45) is 4.00. The Hall–Kier alpha value is -1.15. The molecule has 3 rings (SSSR count). The largest absolute Gasteiger partial charge is 0.352 e. The van der Waals surface area contributed by atoms with E-state index in [0.717, 1.165) is 44.6 Å². The van der Waals surface area contributed by atoms with Gasteiger partial charge in [-0.25, -0.2) is 13.2 Å². The summed E-state index contributed by atoms with van der Waals surface area (Å²) in [4.78, 5) is 0. The van der Waals surface area contributed by atoms with Crippen LogP contribution in [-0.4, -0.2) is 32.7 Å². The van der Waals surface area contributed by atoms with E-state index in [1.807, 2.05) is 0 Å². The SMILES string of the molecule is CCCC[C@H]1CO[C@H](CC[C@H]2CO[C@H](c3cc(F)c(F)c(F)c3)OC2)OC1. The predicted molar refractivity (Wildman–Crippen MR) is 92.4 cm³/mol. The Labute approximate surface area is 157 Å². The minimum Gasteiger partial charge on any atom is -0.352 e. The second-order valence-electron chi connectivity index (χ2n) is 7.34. The third-order valence-electron chi connectivity index (χ3n) is 5.06. The number of ether oxygens (including phenoxy) is 4. The van der Waals surface area contributed by atoms with Gasteiger partial charge in [-0.1, -0.05) is 19.8 Å². The molecule has 1 aromatic carbocycles. The van der Waals surface area contributed by atoms with Crippen LogP contribution in [0.1, 0.15) is 50.9 Å². The van der Waals surface area contributed by atoms with Crippen LogP contribution in [0.4, 0.5) is 13.2 Å². The molecule has 152 valence electrons. The molecular weight excluding hydrogens is 361 g/mol. The van der Waals surface area contributed by atoms with Crippen LogP contribution < -0.4 is 0 Å². The van der Waals surface area contributed by atoms with E-state index in [9.17, 15) is 13.2 Å². The fourth-order valence-electron chi connectivity index (χ4n) is 3.39. The van der Waals surface area contributed by atoms with Crippen LogP contribution >= 0.6 is 0 Å². The van der Waals surface area contributed by atoms with Gasteiger partial charge in [0.15, 0.2) is 30.0 Å². The highest BCUT2D eigenvalue weighted by atomic mass is 19.2. The monoisotopic (exact) mass is 388 g/mol. The summed E-state index contributed by atoms with van der Waals surface area (Å²) in [5.41, 5.74) is 0.141. The van der Waals surface area contributed by atoms with Gasteiger partial charge in [0.1, 0.15) is 0 Å². The van der Waals surface area contributed by atoms with Crippen molar-refractivity contribution in [3.63, 3.8) is 0 Å². The van der Waals surface area contributed by atoms with Gasteiger partial charge in [0.05, 0.1) is 26.4 Å². The molecule has 4 nitrogen and oxygen atoms in total. The summed E-state index contributed by atoms with van der Waals surface area (Å²) >= 11 is 0. The van der Waals surface area contributed by atoms with Crippen LogP contribution in [0.5, 0.6) is 0 Å². The first-order chi connectivity index (χ1) is 13.1. The molecule has 7 heteroatoms. The molecule has 0 spiro atoms. The van der Waals surface area contributed by atoms with E-state index in [2.05, 4.69) is 6.92 Å². The number of hydrogen-bond acceptors (Lipinski definition) is 4. The van der Waals surface area contributed by atoms with Crippen molar-refractivity contribution in [1.82, 2.24) is 0 Å². The highest BCUT2D eigenvalue weighted by molar-refractivity contribution is 5.20. The van der Waals surface area contributed by atoms with Crippen molar-refractivity contribution in [2.45, 2.75) is 51.6 Å². The lowest BCUT2D eigenvalue weighted by Crippen LogP contribution is -2.33. The van der Waals surface area contributed by atoms with Gasteiger partial charge in [-0.15, -0.1) is 0 Å². The fourth-order valence-corrected chi connectivity index (χ4v) is 3.39. The van der Waals surface area contributed by atoms with E-state index >= 15 is 0 Å². The summed E-state index contributed by atoms with van der Waals surface area (Å²) in [5.74, 6) is -3.34. The minimum absolute atomic E-state index is 0.141. The molecule has 0 amide bonds. The first-order valence-electron chi connectivity index (χ1n) is 9.67. The molecule has 0 aromatic heterocycles. The molecule has 2 aliphatic rings. The van der Waals surface area contributed by atoms with Crippen molar-refractivity contribution in [2.75, 3.05) is 26.4 Å². The molecule has 2 fully saturated rings. The van der Waals surface area contributed by atoms with Gasteiger partial charge >= 0.3 is 0 Å². The molecule has 0 radical (unpaired) electrons. The predicted octanol–water partition coefficient (Wildman–Crippen LogP) is 4.73. The lowest BCUT2D eigenvalue weighted by atomic mass is 10.0. The molecule has 2 heterocycles. The summed E-state index contributed by atoms with van der Waals surface area (Å²) in [7, 11) is 0. The second-order valence-corrected chi connectivity index (χ2v) is 7.34. The van der Waals surface area contributed by atoms with E-state index in [1.165, 1.54) is 12.8 Å². The topological polar surface area (TPSA) is 36.9 Å². The van der Waals surface area contributed by atoms with Crippen LogP contribution in [-0.2, 0) is 18.9 Å². The molecule has 0 saturated carbocycles. The third-order valence-corrected chi connectivity index (χ3v) is 5.06. The van der Waals surface area contributed by atoms with Crippen molar-refractivity contribution in [1.29, 1.82) is 0 Å². The third kappa shape index (κ3) is 5.67. The van der Waals surface area contributed by atoms with Gasteiger partial charge in [-0.05, 0) is 31.4 Å². The van der Waals surface area contributed by atoms with Crippen molar-refractivity contribution < 1.29 is 32.1 Å². The molecule has 27 heavy (non-hydrogen) atoms. The van der Waals surface area contributed by atoms with E-state index in [0.29, 0.717) is 19.1 Å². The molecule has 0 N–H and O–H groups in total. The molecule has 1 aromatic rings. The highest BCUT2D eigenvalue weighted by Crippen LogP contribution is 2.29. The summed E-state index contributed by atoms with van der Waals surface area (Å²) in [6, 6.07) is 1.81. The van der Waals surface area contributed by atoms with E-state index in [1.54, 1.807) is 0 Å². The van der Waals surface area contributed by atoms with Crippen molar-refractivity contribution in [3.05, 3.63) is 35.1 Å². The zero-order valence-corrected chi connectivity index (χ0v) is 15.6. The first-order valence-corrected chi connectivity index (χ1v) is 9.67. The molecule has 0 bridgehead atoms. The van der Waals surface area contributed by atoms with Gasteiger partial charge in [-0.2, -0.15) is 0 Å². The highest BCUT2D eigenvalue weighted by Gasteiger charge is 2.28. The summed E-state index contributed by atoms with van der Waals surface area (Å²) in [5, 5.41) is 0. The normalized spacial score (nSPS) is 29.0. The van der Waals surface area contributed by atoms with Crippen LogP contribution in [0.2, 0.25) is 0 Å². The van der Waals surface area contributed by atoms with Crippen LogP contribution in [0.3, 0.4) is 0 Å². The van der Waals surface area contributed by atoms with E-state index in [4.69, 9.17) is 18.9 Å². The molecule has 2 aliphatic heterocycles. The Bertz CT molecular complexity index is 574. The first kappa shape index (κ1) is 20.6. The lowest BCUT2D eigenvalue weighted by Gasteiger charge is -2.32. The maximum Gasteiger partial charge on any atom is 0.194 e. The van der Waals surface area contributed by atoms with Crippen molar-refractivity contribution >= 4 is 0 Å². The van der Waals surface area contributed by atoms with E-state index in [-0.39, 0.29) is 17.8 Å². The van der Waals surface area contributed by atoms with Gasteiger partial charge in [0.2, 0.25) is 0 Å². The van der Waals surface area contributed by atoms with Gasteiger partial charge in [0, 0.05) is 17.4 Å². The zero-order valence-electron chi connectivity index (χ0n) is 15.6. The van der Waals surface area contributed by atoms with Crippen molar-refractivity contribution in [3.8, 4) is 0 Å². The van der Waals surface area contributed by atoms with Crippen LogP contribution in [0, 0.1) is 29.3 Å². The molecule has 2 saturated heterocycles. The fraction of sp³-hybridized carbons (Fsp3) is 0.700. The second kappa shape index (κ2) is 9.87. The summed E-state index contributed by atoms with van der Waals surface area (Å²) in [6.45, 7) is 4.46. The average Bonchev–Trinajstić information content (AvgIpc) is 2.69. The van der Waals surface area contributed by atoms with Gasteiger partial charge in [-0.3, -0.25) is 0 Å². The van der Waals surface area contributed by atoms with Crippen LogP contribution in [0.15, 0.2) is 12.1 Å².